The average Bonchev–Trinajstić information content (AvgIpc) is 3.46. The summed E-state index contributed by atoms with van der Waals surface area (Å²) >= 11 is 7.15. The summed E-state index contributed by atoms with van der Waals surface area (Å²) in [5.74, 6) is -3.35. The van der Waals surface area contributed by atoms with Gasteiger partial charge in [0, 0.05) is 31.2 Å². The Morgan fingerprint density at radius 1 is 0.958 bits per heavy atom. The number of hydrogen-bond donors (Lipinski definition) is 7. The quantitative estimate of drug-likeness (QED) is 0.0836. The van der Waals surface area contributed by atoms with Gasteiger partial charge in [0.15, 0.2) is 12.2 Å². The summed E-state index contributed by atoms with van der Waals surface area (Å²) in [5.41, 5.74) is 2.63. The lowest BCUT2D eigenvalue weighted by Gasteiger charge is -2.27. The van der Waals surface area contributed by atoms with Gasteiger partial charge in [-0.1, -0.05) is 55.0 Å². The van der Waals surface area contributed by atoms with E-state index in [0.717, 1.165) is 59.6 Å². The second kappa shape index (κ2) is 21.4. The number of aromatic hydroxyl groups is 1. The molecule has 0 unspecified atom stereocenters. The second-order valence-electron chi connectivity index (χ2n) is 10.7. The highest BCUT2D eigenvalue weighted by Crippen LogP contribution is 2.27. The summed E-state index contributed by atoms with van der Waals surface area (Å²) in [6, 6.07) is 11.2. The molecule has 0 spiro atoms. The fourth-order valence-corrected chi connectivity index (χ4v) is 5.68. The van der Waals surface area contributed by atoms with Crippen LogP contribution in [0.15, 0.2) is 41.2 Å². The van der Waals surface area contributed by atoms with Gasteiger partial charge in [0.2, 0.25) is 5.91 Å². The van der Waals surface area contributed by atoms with Crippen molar-refractivity contribution in [2.45, 2.75) is 45.3 Å². The number of carbonyl (C=O) groups excluding carboxylic acids is 1. The van der Waals surface area contributed by atoms with Crippen molar-refractivity contribution in [3.8, 4) is 5.75 Å². The molecule has 0 saturated heterocycles. The third kappa shape index (κ3) is 13.9. The van der Waals surface area contributed by atoms with Crippen LogP contribution in [-0.2, 0) is 32.0 Å². The van der Waals surface area contributed by atoms with E-state index in [2.05, 4.69) is 29.0 Å². The fourth-order valence-electron chi connectivity index (χ4n) is 4.57. The Balaban J connectivity index is 0.000000692. The summed E-state index contributed by atoms with van der Waals surface area (Å²) in [4.78, 5) is 51.0. The van der Waals surface area contributed by atoms with Gasteiger partial charge in [0.05, 0.1) is 24.3 Å². The maximum atomic E-state index is 13.0. The van der Waals surface area contributed by atoms with Crippen molar-refractivity contribution in [3.63, 3.8) is 0 Å². The van der Waals surface area contributed by atoms with Crippen LogP contribution in [0, 0.1) is 0 Å². The number of nitrogens with one attached hydrogen (secondary N) is 2. The number of aromatic amines is 1. The first-order chi connectivity index (χ1) is 22.9. The van der Waals surface area contributed by atoms with Crippen molar-refractivity contribution in [2.24, 2.45) is 0 Å². The maximum absolute atomic E-state index is 13.0. The Labute approximate surface area is 287 Å². The van der Waals surface area contributed by atoms with Gasteiger partial charge in [-0.25, -0.2) is 9.59 Å². The molecule has 1 amide bonds. The number of carbonyl (C=O) groups is 3. The molecule has 48 heavy (non-hydrogen) atoms. The molecule has 2 aromatic carbocycles. The van der Waals surface area contributed by atoms with Crippen molar-refractivity contribution in [3.05, 3.63) is 62.2 Å². The third-order valence-electron chi connectivity index (χ3n) is 7.39. The van der Waals surface area contributed by atoms with Crippen LogP contribution in [0.2, 0.25) is 5.02 Å². The zero-order chi connectivity index (χ0) is 35.6. The molecule has 1 aromatic heterocycles. The van der Waals surface area contributed by atoms with Crippen LogP contribution in [0.3, 0.4) is 0 Å². The SMILES string of the molecule is CCN(CC)CCN(CCNCCc1ccc(O)c2[nH]c(=O)sc12)C(=O)CCOCCc1cccc(Cl)c1.O=C(O)[C@H](O)[C@@H](O)C(=O)O. The van der Waals surface area contributed by atoms with Gasteiger partial charge < -0.3 is 50.4 Å². The summed E-state index contributed by atoms with van der Waals surface area (Å²) in [5, 5.41) is 46.6. The number of halogens is 1. The number of aromatic nitrogens is 1. The monoisotopic (exact) mass is 712 g/mol. The van der Waals surface area contributed by atoms with Gasteiger partial charge in [-0.05, 0) is 61.8 Å². The normalized spacial score (nSPS) is 12.4. The predicted octanol–water partition coefficient (Wildman–Crippen LogP) is 1.78. The van der Waals surface area contributed by atoms with E-state index in [1.165, 1.54) is 0 Å². The zero-order valence-electron chi connectivity index (χ0n) is 27.1. The summed E-state index contributed by atoms with van der Waals surface area (Å²) in [7, 11) is 0. The number of aliphatic hydroxyl groups excluding tert-OH is 2. The van der Waals surface area contributed by atoms with E-state index in [4.69, 9.17) is 36.8 Å². The number of hydrogen-bond acceptors (Lipinski definition) is 11. The van der Waals surface area contributed by atoms with Gasteiger partial charge in [0.25, 0.3) is 0 Å². The minimum absolute atomic E-state index is 0.0888. The summed E-state index contributed by atoms with van der Waals surface area (Å²) in [6.07, 6.45) is -2.70. The molecule has 0 saturated carbocycles. The number of amides is 1. The number of fused-ring (bicyclic) bond motifs is 1. The fraction of sp³-hybridized carbons (Fsp3) is 0.500. The molecule has 0 radical (unpaired) electrons. The highest BCUT2D eigenvalue weighted by Gasteiger charge is 2.29. The smallest absolute Gasteiger partial charge is 0.335 e. The van der Waals surface area contributed by atoms with Crippen molar-refractivity contribution in [2.75, 3.05) is 59.0 Å². The zero-order valence-corrected chi connectivity index (χ0v) is 28.6. The van der Waals surface area contributed by atoms with Gasteiger partial charge >= 0.3 is 16.8 Å². The highest BCUT2D eigenvalue weighted by atomic mass is 35.5. The summed E-state index contributed by atoms with van der Waals surface area (Å²) < 4.78 is 6.54. The molecule has 14 nitrogen and oxygen atoms in total. The standard InChI is InChI=1S/C28H39ClN4O4S.C4H6O6/c1-3-32(4-2)16-17-33(25(35)12-19-37-18-11-21-6-5-7-23(29)20-21)15-14-30-13-10-22-8-9-24(34)26-27(22)38-28(36)31-26;5-1(3(7)8)2(6)4(9)10/h5-9,20,30,34H,3-4,10-19H2,1-2H3,(H,31,36);1-2,5-6H,(H,7,8)(H,9,10)/t;1-,2-/m.1/s1. The van der Waals surface area contributed by atoms with E-state index in [0.29, 0.717) is 56.4 Å². The number of phenols is 1. The van der Waals surface area contributed by atoms with Crippen molar-refractivity contribution in [1.29, 1.82) is 0 Å². The third-order valence-corrected chi connectivity index (χ3v) is 8.58. The van der Waals surface area contributed by atoms with Crippen molar-refractivity contribution in [1.82, 2.24) is 20.1 Å². The van der Waals surface area contributed by atoms with Crippen LogP contribution in [0.1, 0.15) is 31.4 Å². The van der Waals surface area contributed by atoms with E-state index in [-0.39, 0.29) is 16.5 Å². The number of thiazole rings is 1. The van der Waals surface area contributed by atoms with Crippen LogP contribution in [0.4, 0.5) is 0 Å². The number of ether oxygens (including phenoxy) is 1. The van der Waals surface area contributed by atoms with Gasteiger partial charge in [-0.3, -0.25) is 9.59 Å². The Morgan fingerprint density at radius 2 is 1.65 bits per heavy atom. The Morgan fingerprint density at radius 3 is 2.27 bits per heavy atom. The number of aliphatic carboxylic acids is 2. The Kier molecular flexibility index (Phi) is 18.1. The lowest BCUT2D eigenvalue weighted by atomic mass is 10.1. The molecule has 3 aromatic rings. The second-order valence-corrected chi connectivity index (χ2v) is 12.1. The molecule has 266 valence electrons. The molecule has 0 fully saturated rings. The molecule has 0 aliphatic carbocycles. The van der Waals surface area contributed by atoms with Crippen LogP contribution in [0.5, 0.6) is 5.75 Å². The lowest BCUT2D eigenvalue weighted by molar-refractivity contribution is -0.165. The molecule has 7 N–H and O–H groups in total. The Bertz CT molecular complexity index is 1500. The number of phenolic OH excluding ortho intramolecular Hbond substituents is 1. The van der Waals surface area contributed by atoms with Crippen molar-refractivity contribution >= 4 is 51.0 Å². The molecule has 0 aliphatic heterocycles. The number of H-pyrrole nitrogens is 1. The van der Waals surface area contributed by atoms with Crippen LogP contribution < -0.4 is 10.2 Å². The number of carboxylic acid groups (broad SMARTS) is 2. The minimum Gasteiger partial charge on any atom is -0.506 e. The number of rotatable bonds is 20. The number of nitrogens with zero attached hydrogens (tertiary/aromatic N) is 2. The number of benzene rings is 2. The first-order valence-corrected chi connectivity index (χ1v) is 16.8. The van der Waals surface area contributed by atoms with E-state index in [1.807, 2.05) is 35.2 Å². The molecule has 0 bridgehead atoms. The number of aliphatic hydroxyl groups is 2. The lowest BCUT2D eigenvalue weighted by Crippen LogP contribution is -2.42. The van der Waals surface area contributed by atoms with Crippen molar-refractivity contribution < 1.29 is 44.7 Å². The first kappa shape index (κ1) is 40.6. The van der Waals surface area contributed by atoms with Crippen LogP contribution in [0.25, 0.3) is 10.2 Å². The Hall–Kier alpha value is -3.57. The van der Waals surface area contributed by atoms with Crippen LogP contribution >= 0.6 is 22.9 Å². The molecule has 1 heterocycles. The van der Waals surface area contributed by atoms with E-state index < -0.39 is 24.1 Å². The number of likely N-dealkylation sites (N-methyl/N-ethyl adjacent to an activating group) is 1. The van der Waals surface area contributed by atoms with E-state index in [9.17, 15) is 24.3 Å². The summed E-state index contributed by atoms with van der Waals surface area (Å²) in [6.45, 7) is 10.6. The van der Waals surface area contributed by atoms with E-state index >= 15 is 0 Å². The topological polar surface area (TPSA) is 213 Å². The molecule has 2 atom stereocenters. The molecular formula is C32H45ClN4O10S. The highest BCUT2D eigenvalue weighted by molar-refractivity contribution is 7.16. The molecular weight excluding hydrogens is 668 g/mol. The largest absolute Gasteiger partial charge is 0.506 e. The molecule has 16 heteroatoms. The molecule has 3 rings (SSSR count). The number of carboxylic acids is 2. The minimum atomic E-state index is -2.27. The van der Waals surface area contributed by atoms with Gasteiger partial charge in [-0.15, -0.1) is 0 Å². The average molecular weight is 713 g/mol. The van der Waals surface area contributed by atoms with E-state index in [1.54, 1.807) is 6.07 Å². The first-order valence-electron chi connectivity index (χ1n) is 15.6. The maximum Gasteiger partial charge on any atom is 0.335 e. The van der Waals surface area contributed by atoms with Gasteiger partial charge in [0.1, 0.15) is 11.3 Å². The predicted molar refractivity (Wildman–Crippen MR) is 183 cm³/mol. The van der Waals surface area contributed by atoms with Gasteiger partial charge in [-0.2, -0.15) is 0 Å². The molecule has 0 aliphatic rings. The van der Waals surface area contributed by atoms with Crippen LogP contribution in [-0.4, -0.2) is 129 Å².